The Labute approximate surface area is 128 Å². The lowest BCUT2D eigenvalue weighted by molar-refractivity contribution is -0.139. The second kappa shape index (κ2) is 9.53. The predicted octanol–water partition coefficient (Wildman–Crippen LogP) is 2.22. The van der Waals surface area contributed by atoms with Crippen molar-refractivity contribution in [2.24, 2.45) is 0 Å². The number of hydrogen-bond acceptors (Lipinski definition) is 4. The van der Waals surface area contributed by atoms with Gasteiger partial charge in [-0.3, -0.25) is 4.79 Å². The van der Waals surface area contributed by atoms with Gasteiger partial charge in [0, 0.05) is 19.1 Å². The highest BCUT2D eigenvalue weighted by atomic mass is 16.5. The maximum Gasteiger partial charge on any atom is 0.309 e. The summed E-state index contributed by atoms with van der Waals surface area (Å²) in [5.74, 6) is -0.196. The molecule has 1 N–H and O–H groups in total. The number of carbonyl (C=O) groups is 1. The van der Waals surface area contributed by atoms with Crippen molar-refractivity contribution in [2.75, 3.05) is 26.7 Å². The van der Waals surface area contributed by atoms with Gasteiger partial charge in [-0.25, -0.2) is 0 Å². The number of esters is 1. The van der Waals surface area contributed by atoms with Crippen LogP contribution >= 0.6 is 0 Å². The van der Waals surface area contributed by atoms with Crippen molar-refractivity contribution in [1.82, 2.24) is 10.2 Å². The molecule has 0 heterocycles. The molecule has 0 spiro atoms. The average Bonchev–Trinajstić information content (AvgIpc) is 2.51. The Morgan fingerprint density at radius 3 is 2.43 bits per heavy atom. The Morgan fingerprint density at radius 1 is 1.24 bits per heavy atom. The van der Waals surface area contributed by atoms with E-state index in [4.69, 9.17) is 4.74 Å². The van der Waals surface area contributed by atoms with Crippen LogP contribution in [0.2, 0.25) is 0 Å². The lowest BCUT2D eigenvalue weighted by Crippen LogP contribution is -2.38. The molecule has 1 aromatic carbocycles. The first-order valence-corrected chi connectivity index (χ1v) is 7.70. The summed E-state index contributed by atoms with van der Waals surface area (Å²) in [4.78, 5) is 13.8. The van der Waals surface area contributed by atoms with Gasteiger partial charge in [-0.15, -0.1) is 0 Å². The number of hydrogen-bond donors (Lipinski definition) is 1. The first-order valence-electron chi connectivity index (χ1n) is 7.70. The number of methoxy groups -OCH3 is 1. The summed E-state index contributed by atoms with van der Waals surface area (Å²) < 4.78 is 4.75. The number of likely N-dealkylation sites (N-methyl/N-ethyl adjacent to an activating group) is 1. The van der Waals surface area contributed by atoms with Crippen LogP contribution in [0, 0.1) is 0 Å². The van der Waals surface area contributed by atoms with Crippen LogP contribution in [-0.2, 0) is 22.5 Å². The van der Waals surface area contributed by atoms with Crippen molar-refractivity contribution in [1.29, 1.82) is 0 Å². The van der Waals surface area contributed by atoms with Crippen molar-refractivity contribution in [3.05, 3.63) is 35.4 Å². The minimum Gasteiger partial charge on any atom is -0.469 e. The molecule has 0 amide bonds. The fourth-order valence-corrected chi connectivity index (χ4v) is 2.35. The van der Waals surface area contributed by atoms with E-state index in [1.54, 1.807) is 0 Å². The minimum atomic E-state index is -0.196. The first kappa shape index (κ1) is 17.7. The molecule has 1 atom stereocenters. The third kappa shape index (κ3) is 6.27. The largest absolute Gasteiger partial charge is 0.469 e. The SMILES string of the molecule is CCN(CC)CC(C)NCc1ccccc1CC(=O)OC. The van der Waals surface area contributed by atoms with E-state index in [0.29, 0.717) is 12.5 Å². The summed E-state index contributed by atoms with van der Waals surface area (Å²) in [6.07, 6.45) is 0.332. The Kier molecular flexibility index (Phi) is 8.01. The molecule has 0 fully saturated rings. The van der Waals surface area contributed by atoms with Crippen LogP contribution in [0.1, 0.15) is 31.9 Å². The normalized spacial score (nSPS) is 12.4. The summed E-state index contributed by atoms with van der Waals surface area (Å²) in [6.45, 7) is 10.5. The van der Waals surface area contributed by atoms with Crippen LogP contribution < -0.4 is 5.32 Å². The van der Waals surface area contributed by atoms with Crippen LogP contribution in [-0.4, -0.2) is 43.7 Å². The van der Waals surface area contributed by atoms with Gasteiger partial charge in [0.05, 0.1) is 13.5 Å². The molecule has 0 aliphatic rings. The van der Waals surface area contributed by atoms with E-state index in [2.05, 4.69) is 37.1 Å². The van der Waals surface area contributed by atoms with Crippen LogP contribution in [0.3, 0.4) is 0 Å². The maximum atomic E-state index is 11.4. The Balaban J connectivity index is 2.56. The molecular formula is C17H28N2O2. The van der Waals surface area contributed by atoms with Gasteiger partial charge in [0.15, 0.2) is 0 Å². The lowest BCUT2D eigenvalue weighted by atomic mass is 10.0. The van der Waals surface area contributed by atoms with Crippen molar-refractivity contribution < 1.29 is 9.53 Å². The molecule has 21 heavy (non-hydrogen) atoms. The molecule has 4 heteroatoms. The molecule has 118 valence electrons. The lowest BCUT2D eigenvalue weighted by Gasteiger charge is -2.23. The molecule has 0 radical (unpaired) electrons. The van der Waals surface area contributed by atoms with Crippen molar-refractivity contribution in [3.8, 4) is 0 Å². The molecule has 1 aromatic rings. The van der Waals surface area contributed by atoms with E-state index in [1.807, 2.05) is 18.2 Å². The first-order chi connectivity index (χ1) is 10.1. The van der Waals surface area contributed by atoms with E-state index in [-0.39, 0.29) is 5.97 Å². The number of benzene rings is 1. The van der Waals surface area contributed by atoms with Gasteiger partial charge < -0.3 is 15.0 Å². The standard InChI is InChI=1S/C17H28N2O2/c1-5-19(6-2)13-14(3)18-12-16-10-8-7-9-15(16)11-17(20)21-4/h7-10,14,18H,5-6,11-13H2,1-4H3. The molecule has 0 aromatic heterocycles. The monoisotopic (exact) mass is 292 g/mol. The number of nitrogens with one attached hydrogen (secondary N) is 1. The van der Waals surface area contributed by atoms with Crippen molar-refractivity contribution >= 4 is 5.97 Å². The highest BCUT2D eigenvalue weighted by Gasteiger charge is 2.10. The van der Waals surface area contributed by atoms with Crippen molar-refractivity contribution in [3.63, 3.8) is 0 Å². The Hall–Kier alpha value is -1.39. The second-order valence-electron chi connectivity index (χ2n) is 5.29. The molecule has 0 aliphatic carbocycles. The highest BCUT2D eigenvalue weighted by Crippen LogP contribution is 2.10. The topological polar surface area (TPSA) is 41.6 Å². The summed E-state index contributed by atoms with van der Waals surface area (Å²) in [6, 6.07) is 8.43. The molecule has 4 nitrogen and oxygen atoms in total. The van der Waals surface area contributed by atoms with Gasteiger partial charge in [0.1, 0.15) is 0 Å². The number of ether oxygens (including phenoxy) is 1. The molecule has 0 aliphatic heterocycles. The minimum absolute atomic E-state index is 0.196. The maximum absolute atomic E-state index is 11.4. The van der Waals surface area contributed by atoms with E-state index >= 15 is 0 Å². The number of rotatable bonds is 9. The third-order valence-corrected chi connectivity index (χ3v) is 3.75. The van der Waals surface area contributed by atoms with Crippen LogP contribution in [0.25, 0.3) is 0 Å². The Morgan fingerprint density at radius 2 is 1.86 bits per heavy atom. The zero-order valence-corrected chi connectivity index (χ0v) is 13.7. The fourth-order valence-electron chi connectivity index (χ4n) is 2.35. The number of carbonyl (C=O) groups excluding carboxylic acids is 1. The summed E-state index contributed by atoms with van der Waals surface area (Å²) in [5, 5.41) is 3.54. The van der Waals surface area contributed by atoms with E-state index in [0.717, 1.165) is 37.3 Å². The van der Waals surface area contributed by atoms with Crippen molar-refractivity contribution in [2.45, 2.75) is 39.8 Å². The molecule has 0 saturated carbocycles. The number of nitrogens with zero attached hydrogens (tertiary/aromatic N) is 1. The van der Waals surface area contributed by atoms with Gasteiger partial charge in [-0.2, -0.15) is 0 Å². The van der Waals surface area contributed by atoms with Gasteiger partial charge >= 0.3 is 5.97 Å². The van der Waals surface area contributed by atoms with Crippen LogP contribution in [0.5, 0.6) is 0 Å². The molecular weight excluding hydrogens is 264 g/mol. The van der Waals surface area contributed by atoms with Gasteiger partial charge in [-0.1, -0.05) is 38.1 Å². The summed E-state index contributed by atoms with van der Waals surface area (Å²) in [5.41, 5.74) is 2.20. The smallest absolute Gasteiger partial charge is 0.309 e. The van der Waals surface area contributed by atoms with Gasteiger partial charge in [0.25, 0.3) is 0 Å². The van der Waals surface area contributed by atoms with Crippen LogP contribution in [0.15, 0.2) is 24.3 Å². The predicted molar refractivity (Wildman–Crippen MR) is 86.3 cm³/mol. The summed E-state index contributed by atoms with van der Waals surface area (Å²) in [7, 11) is 1.43. The van der Waals surface area contributed by atoms with Gasteiger partial charge in [-0.05, 0) is 31.1 Å². The Bertz CT molecular complexity index is 431. The van der Waals surface area contributed by atoms with E-state index in [9.17, 15) is 4.79 Å². The van der Waals surface area contributed by atoms with E-state index in [1.165, 1.54) is 7.11 Å². The summed E-state index contributed by atoms with van der Waals surface area (Å²) >= 11 is 0. The molecule has 0 saturated heterocycles. The highest BCUT2D eigenvalue weighted by molar-refractivity contribution is 5.72. The zero-order chi connectivity index (χ0) is 15.7. The molecule has 1 unspecified atom stereocenters. The second-order valence-corrected chi connectivity index (χ2v) is 5.29. The molecule has 0 bridgehead atoms. The zero-order valence-electron chi connectivity index (χ0n) is 13.7. The molecule has 1 rings (SSSR count). The van der Waals surface area contributed by atoms with E-state index < -0.39 is 0 Å². The van der Waals surface area contributed by atoms with Gasteiger partial charge in [0.2, 0.25) is 0 Å². The third-order valence-electron chi connectivity index (χ3n) is 3.75. The quantitative estimate of drug-likeness (QED) is 0.709. The fraction of sp³-hybridized carbons (Fsp3) is 0.588. The van der Waals surface area contributed by atoms with Crippen LogP contribution in [0.4, 0.5) is 0 Å². The average molecular weight is 292 g/mol.